The molecule has 2 aromatic heterocycles. The average Bonchev–Trinajstić information content (AvgIpc) is 3.19. The topological polar surface area (TPSA) is 64.6 Å². The number of methoxy groups -OCH3 is 1. The van der Waals surface area contributed by atoms with Crippen molar-refractivity contribution in [1.29, 1.82) is 0 Å². The zero-order valence-electron chi connectivity index (χ0n) is 16.3. The zero-order valence-corrected chi connectivity index (χ0v) is 16.3. The van der Waals surface area contributed by atoms with E-state index in [4.69, 9.17) is 13.6 Å². The summed E-state index contributed by atoms with van der Waals surface area (Å²) in [7, 11) is 1.61. The van der Waals surface area contributed by atoms with Crippen molar-refractivity contribution < 1.29 is 13.6 Å². The molecule has 0 radical (unpaired) electrons. The maximum absolute atomic E-state index is 12.9. The Kier molecular flexibility index (Phi) is 4.48. The number of furan rings is 1. The zero-order chi connectivity index (χ0) is 20.5. The third-order valence-electron chi connectivity index (χ3n) is 5.10. The maximum atomic E-state index is 12.9. The van der Waals surface area contributed by atoms with Crippen molar-refractivity contribution in [3.63, 3.8) is 0 Å². The summed E-state index contributed by atoms with van der Waals surface area (Å²) in [6.45, 7) is 0.556. The molecule has 0 atom stereocenters. The maximum Gasteiger partial charge on any atom is 0.348 e. The first-order valence-corrected chi connectivity index (χ1v) is 9.65. The Hall–Kier alpha value is -3.99. The largest absolute Gasteiger partial charge is 0.497 e. The quantitative estimate of drug-likeness (QED) is 0.378. The molecule has 0 bridgehead atoms. The van der Waals surface area contributed by atoms with Crippen molar-refractivity contribution in [1.82, 2.24) is 0 Å². The molecule has 148 valence electrons. The van der Waals surface area contributed by atoms with Crippen LogP contribution in [0.5, 0.6) is 5.75 Å². The van der Waals surface area contributed by atoms with Gasteiger partial charge in [-0.2, -0.15) is 0 Å². The van der Waals surface area contributed by atoms with Crippen molar-refractivity contribution in [2.45, 2.75) is 6.54 Å². The van der Waals surface area contributed by atoms with E-state index in [0.29, 0.717) is 40.3 Å². The number of anilines is 1. The summed E-state index contributed by atoms with van der Waals surface area (Å²) < 4.78 is 17.2. The highest BCUT2D eigenvalue weighted by Crippen LogP contribution is 2.40. The Labute approximate surface area is 172 Å². The molecule has 0 saturated heterocycles. The second-order valence-electron chi connectivity index (χ2n) is 6.97. The smallest absolute Gasteiger partial charge is 0.348 e. The first-order chi connectivity index (χ1) is 14.7. The Morgan fingerprint density at radius 2 is 1.70 bits per heavy atom. The second kappa shape index (κ2) is 7.44. The molecule has 0 spiro atoms. The summed E-state index contributed by atoms with van der Waals surface area (Å²) in [5.41, 5.74) is 3.15. The predicted octanol–water partition coefficient (Wildman–Crippen LogP) is 5.83. The van der Waals surface area contributed by atoms with E-state index >= 15 is 0 Å². The third-order valence-corrected chi connectivity index (χ3v) is 5.10. The number of rotatable bonds is 5. The molecule has 3 aromatic carbocycles. The minimum atomic E-state index is -0.432. The van der Waals surface area contributed by atoms with Crippen molar-refractivity contribution in [3.8, 4) is 16.9 Å². The molecule has 2 heterocycles. The van der Waals surface area contributed by atoms with Gasteiger partial charge in [0.15, 0.2) is 5.58 Å². The molecule has 0 fully saturated rings. The van der Waals surface area contributed by atoms with Gasteiger partial charge < -0.3 is 18.9 Å². The van der Waals surface area contributed by atoms with Crippen molar-refractivity contribution >= 4 is 27.8 Å². The standard InChI is InChI=1S/C25H19NO4/c1-28-18-11-7-10-17(14-18)21-22-23(19-12-5-6-13-20(19)29-25(22)27)30-24(21)26-15-16-8-3-2-4-9-16/h2-14,26H,15H2,1H3. The van der Waals surface area contributed by atoms with Gasteiger partial charge in [-0.1, -0.05) is 54.6 Å². The van der Waals surface area contributed by atoms with E-state index in [9.17, 15) is 4.79 Å². The Morgan fingerprint density at radius 3 is 2.53 bits per heavy atom. The van der Waals surface area contributed by atoms with Crippen LogP contribution in [0.3, 0.4) is 0 Å². The van der Waals surface area contributed by atoms with E-state index in [1.54, 1.807) is 13.2 Å². The highest BCUT2D eigenvalue weighted by Gasteiger charge is 2.22. The SMILES string of the molecule is COc1cccc(-c2c(NCc3ccccc3)oc3c2c(=O)oc2ccccc23)c1. The van der Waals surface area contributed by atoms with Crippen LogP contribution in [0.1, 0.15) is 5.56 Å². The summed E-state index contributed by atoms with van der Waals surface area (Å²) >= 11 is 0. The molecule has 5 nitrogen and oxygen atoms in total. The van der Waals surface area contributed by atoms with E-state index < -0.39 is 5.63 Å². The predicted molar refractivity (Wildman–Crippen MR) is 118 cm³/mol. The normalized spacial score (nSPS) is 11.1. The molecule has 5 aromatic rings. The lowest BCUT2D eigenvalue weighted by Crippen LogP contribution is -2.02. The van der Waals surface area contributed by atoms with Crippen LogP contribution in [0, 0.1) is 0 Å². The van der Waals surface area contributed by atoms with E-state index in [-0.39, 0.29) is 0 Å². The lowest BCUT2D eigenvalue weighted by Gasteiger charge is -2.08. The second-order valence-corrected chi connectivity index (χ2v) is 6.97. The minimum absolute atomic E-state index is 0.414. The van der Waals surface area contributed by atoms with E-state index in [1.165, 1.54) is 0 Å². The highest BCUT2D eigenvalue weighted by atomic mass is 16.5. The van der Waals surface area contributed by atoms with E-state index in [0.717, 1.165) is 16.5 Å². The van der Waals surface area contributed by atoms with Crippen LogP contribution in [0.25, 0.3) is 33.1 Å². The molecule has 0 aliphatic heterocycles. The molecular weight excluding hydrogens is 378 g/mol. The first kappa shape index (κ1) is 18.1. The highest BCUT2D eigenvalue weighted by molar-refractivity contribution is 6.09. The average molecular weight is 397 g/mol. The summed E-state index contributed by atoms with van der Waals surface area (Å²) in [5.74, 6) is 1.21. The van der Waals surface area contributed by atoms with E-state index in [1.807, 2.05) is 72.8 Å². The van der Waals surface area contributed by atoms with Crippen molar-refractivity contribution in [3.05, 3.63) is 94.8 Å². The lowest BCUT2D eigenvalue weighted by molar-refractivity contribution is 0.415. The van der Waals surface area contributed by atoms with Crippen LogP contribution in [-0.2, 0) is 6.54 Å². The van der Waals surface area contributed by atoms with E-state index in [2.05, 4.69) is 5.32 Å². The van der Waals surface area contributed by atoms with Gasteiger partial charge in [-0.25, -0.2) is 4.79 Å². The van der Waals surface area contributed by atoms with Crippen molar-refractivity contribution in [2.24, 2.45) is 0 Å². The van der Waals surface area contributed by atoms with Gasteiger partial charge in [-0.05, 0) is 35.4 Å². The molecule has 0 aliphatic carbocycles. The number of benzene rings is 3. The summed E-state index contributed by atoms with van der Waals surface area (Å²) in [6, 6.07) is 24.9. The molecular formula is C25H19NO4. The number of hydrogen-bond donors (Lipinski definition) is 1. The first-order valence-electron chi connectivity index (χ1n) is 9.65. The molecule has 5 rings (SSSR count). The van der Waals surface area contributed by atoms with Crippen LogP contribution in [0.4, 0.5) is 5.88 Å². The molecule has 0 saturated carbocycles. The minimum Gasteiger partial charge on any atom is -0.497 e. The molecule has 30 heavy (non-hydrogen) atoms. The van der Waals surface area contributed by atoms with Crippen LogP contribution >= 0.6 is 0 Å². The van der Waals surface area contributed by atoms with Gasteiger partial charge in [0.05, 0.1) is 18.1 Å². The van der Waals surface area contributed by atoms with Crippen LogP contribution < -0.4 is 15.7 Å². The number of ether oxygens (including phenoxy) is 1. The summed E-state index contributed by atoms with van der Waals surface area (Å²) in [4.78, 5) is 12.9. The Balaban J connectivity index is 1.75. The van der Waals surface area contributed by atoms with Gasteiger partial charge in [-0.3, -0.25) is 0 Å². The van der Waals surface area contributed by atoms with Gasteiger partial charge in [0.25, 0.3) is 0 Å². The Morgan fingerprint density at radius 1 is 0.900 bits per heavy atom. The summed E-state index contributed by atoms with van der Waals surface area (Å²) in [5, 5.41) is 4.53. The molecule has 0 aliphatic rings. The monoisotopic (exact) mass is 397 g/mol. The number of para-hydroxylation sites is 1. The van der Waals surface area contributed by atoms with Crippen molar-refractivity contribution in [2.75, 3.05) is 12.4 Å². The number of hydrogen-bond acceptors (Lipinski definition) is 5. The molecule has 0 unspecified atom stereocenters. The molecule has 1 N–H and O–H groups in total. The van der Waals surface area contributed by atoms with Gasteiger partial charge in [0.1, 0.15) is 16.7 Å². The fourth-order valence-corrected chi connectivity index (χ4v) is 3.67. The molecule has 5 heteroatoms. The summed E-state index contributed by atoms with van der Waals surface area (Å²) in [6.07, 6.45) is 0. The fraction of sp³-hybridized carbons (Fsp3) is 0.0800. The van der Waals surface area contributed by atoms with Crippen LogP contribution in [0.2, 0.25) is 0 Å². The lowest BCUT2D eigenvalue weighted by atomic mass is 10.0. The number of fused-ring (bicyclic) bond motifs is 3. The van der Waals surface area contributed by atoms with Gasteiger partial charge >= 0.3 is 5.63 Å². The van der Waals surface area contributed by atoms with Crippen LogP contribution in [-0.4, -0.2) is 7.11 Å². The third kappa shape index (κ3) is 3.10. The van der Waals surface area contributed by atoms with Gasteiger partial charge in [-0.15, -0.1) is 0 Å². The van der Waals surface area contributed by atoms with Crippen LogP contribution in [0.15, 0.2) is 92.5 Å². The number of nitrogens with one attached hydrogen (secondary N) is 1. The Bertz CT molecular complexity index is 1400. The van der Waals surface area contributed by atoms with Gasteiger partial charge in [0, 0.05) is 6.54 Å². The van der Waals surface area contributed by atoms with Gasteiger partial charge in [0.2, 0.25) is 5.88 Å². The fourth-order valence-electron chi connectivity index (χ4n) is 3.67. The molecule has 0 amide bonds.